The average Bonchev–Trinajstić information content (AvgIpc) is 2.91. The van der Waals surface area contributed by atoms with Crippen LogP contribution in [0.4, 0.5) is 4.39 Å². The Morgan fingerprint density at radius 3 is 2.65 bits per heavy atom. The van der Waals surface area contributed by atoms with E-state index in [-0.39, 0.29) is 11.7 Å². The lowest BCUT2D eigenvalue weighted by atomic mass is 10.1. The molecule has 0 bridgehead atoms. The molecule has 2 aromatic rings. The molecule has 2 N–H and O–H groups in total. The van der Waals surface area contributed by atoms with E-state index in [2.05, 4.69) is 15.5 Å². The number of aromatic amines is 1. The third kappa shape index (κ3) is 3.57. The van der Waals surface area contributed by atoms with Crippen molar-refractivity contribution in [3.63, 3.8) is 0 Å². The first-order valence-electron chi connectivity index (χ1n) is 6.18. The molecule has 0 radical (unpaired) electrons. The van der Waals surface area contributed by atoms with Crippen LogP contribution in [0.3, 0.4) is 0 Å². The molecular formula is C14H16FN3O2. The number of nitrogens with zero attached hydrogens (tertiary/aromatic N) is 1. The summed E-state index contributed by atoms with van der Waals surface area (Å²) < 4.78 is 18.4. The first-order chi connectivity index (χ1) is 9.47. The van der Waals surface area contributed by atoms with E-state index in [0.29, 0.717) is 12.3 Å². The van der Waals surface area contributed by atoms with Crippen LogP contribution < -0.4 is 10.1 Å². The van der Waals surface area contributed by atoms with Crippen LogP contribution in [-0.2, 0) is 11.3 Å². The van der Waals surface area contributed by atoms with Crippen LogP contribution in [0.1, 0.15) is 19.5 Å². The molecule has 0 saturated carbocycles. The summed E-state index contributed by atoms with van der Waals surface area (Å²) in [7, 11) is 0. The van der Waals surface area contributed by atoms with Gasteiger partial charge in [-0.1, -0.05) is 0 Å². The Morgan fingerprint density at radius 1 is 1.35 bits per heavy atom. The summed E-state index contributed by atoms with van der Waals surface area (Å²) in [6.45, 7) is 3.65. The zero-order chi connectivity index (χ0) is 14.6. The van der Waals surface area contributed by atoms with Crippen LogP contribution in [0.25, 0.3) is 0 Å². The Hall–Kier alpha value is -2.37. The maximum atomic E-state index is 12.8. The van der Waals surface area contributed by atoms with Gasteiger partial charge in [-0.25, -0.2) is 4.39 Å². The standard InChI is InChI=1S/C14H16FN3O2/c1-14(2,20-12-5-3-10(15)4-6-12)13(19)16-9-11-7-8-17-18-11/h3-8H,9H2,1-2H3,(H,16,19)(H,17,18). The monoisotopic (exact) mass is 277 g/mol. The van der Waals surface area contributed by atoms with Crippen molar-refractivity contribution in [1.82, 2.24) is 15.5 Å². The molecule has 0 fully saturated rings. The molecule has 1 aromatic heterocycles. The molecule has 20 heavy (non-hydrogen) atoms. The molecular weight excluding hydrogens is 261 g/mol. The fraction of sp³-hybridized carbons (Fsp3) is 0.286. The molecule has 6 heteroatoms. The Balaban J connectivity index is 1.94. The van der Waals surface area contributed by atoms with Crippen LogP contribution in [0.2, 0.25) is 0 Å². The molecule has 0 unspecified atom stereocenters. The Kier molecular flexibility index (Phi) is 4.02. The van der Waals surface area contributed by atoms with Gasteiger partial charge in [-0.15, -0.1) is 0 Å². The summed E-state index contributed by atoms with van der Waals surface area (Å²) in [6, 6.07) is 7.31. The van der Waals surface area contributed by atoms with Crippen molar-refractivity contribution in [2.24, 2.45) is 0 Å². The van der Waals surface area contributed by atoms with E-state index in [1.165, 1.54) is 24.3 Å². The number of carbonyl (C=O) groups is 1. The van der Waals surface area contributed by atoms with Crippen molar-refractivity contribution < 1.29 is 13.9 Å². The van der Waals surface area contributed by atoms with Crippen molar-refractivity contribution in [3.05, 3.63) is 48.0 Å². The van der Waals surface area contributed by atoms with Crippen LogP contribution in [0.15, 0.2) is 36.5 Å². The van der Waals surface area contributed by atoms with Crippen molar-refractivity contribution in [2.75, 3.05) is 0 Å². The highest BCUT2D eigenvalue weighted by Gasteiger charge is 2.29. The van der Waals surface area contributed by atoms with Gasteiger partial charge in [-0.05, 0) is 44.2 Å². The van der Waals surface area contributed by atoms with Crippen LogP contribution in [-0.4, -0.2) is 21.7 Å². The number of halogens is 1. The lowest BCUT2D eigenvalue weighted by Gasteiger charge is -2.25. The van der Waals surface area contributed by atoms with Gasteiger partial charge >= 0.3 is 0 Å². The van der Waals surface area contributed by atoms with Gasteiger partial charge in [-0.3, -0.25) is 9.89 Å². The molecule has 1 heterocycles. The first-order valence-corrected chi connectivity index (χ1v) is 6.18. The normalized spacial score (nSPS) is 11.2. The topological polar surface area (TPSA) is 67.0 Å². The molecule has 0 aliphatic rings. The van der Waals surface area contributed by atoms with E-state index in [0.717, 1.165) is 5.69 Å². The maximum Gasteiger partial charge on any atom is 0.263 e. The van der Waals surface area contributed by atoms with Crippen LogP contribution in [0.5, 0.6) is 5.75 Å². The van der Waals surface area contributed by atoms with Gasteiger partial charge in [0.1, 0.15) is 11.6 Å². The van der Waals surface area contributed by atoms with E-state index in [1.807, 2.05) is 0 Å². The Morgan fingerprint density at radius 2 is 2.05 bits per heavy atom. The van der Waals surface area contributed by atoms with E-state index in [9.17, 15) is 9.18 Å². The molecule has 2 rings (SSSR count). The summed E-state index contributed by atoms with van der Waals surface area (Å²) in [5.74, 6) is -0.177. The lowest BCUT2D eigenvalue weighted by molar-refractivity contribution is -0.134. The number of hydrogen-bond acceptors (Lipinski definition) is 3. The minimum absolute atomic E-state index is 0.267. The number of benzene rings is 1. The third-order valence-corrected chi connectivity index (χ3v) is 2.73. The molecule has 106 valence electrons. The second-order valence-electron chi connectivity index (χ2n) is 4.83. The molecule has 5 nitrogen and oxygen atoms in total. The second kappa shape index (κ2) is 5.73. The van der Waals surface area contributed by atoms with Gasteiger partial charge in [0.05, 0.1) is 12.2 Å². The Labute approximate surface area is 116 Å². The molecule has 0 aliphatic carbocycles. The van der Waals surface area contributed by atoms with Crippen molar-refractivity contribution in [3.8, 4) is 5.75 Å². The SMILES string of the molecule is CC(C)(Oc1ccc(F)cc1)C(=O)NCc1ccn[nH]1. The number of H-pyrrole nitrogens is 1. The highest BCUT2D eigenvalue weighted by atomic mass is 19.1. The molecule has 0 aliphatic heterocycles. The number of ether oxygens (including phenoxy) is 1. The summed E-state index contributed by atoms with van der Waals surface area (Å²) in [6.07, 6.45) is 1.61. The smallest absolute Gasteiger partial charge is 0.263 e. The average molecular weight is 277 g/mol. The molecule has 0 atom stereocenters. The van der Waals surface area contributed by atoms with Gasteiger partial charge in [0, 0.05) is 6.20 Å². The maximum absolute atomic E-state index is 12.8. The third-order valence-electron chi connectivity index (χ3n) is 2.73. The number of carbonyl (C=O) groups excluding carboxylic acids is 1. The lowest BCUT2D eigenvalue weighted by Crippen LogP contribution is -2.46. The van der Waals surface area contributed by atoms with Gasteiger partial charge in [0.25, 0.3) is 5.91 Å². The first kappa shape index (κ1) is 14.0. The summed E-state index contributed by atoms with van der Waals surface area (Å²) in [4.78, 5) is 12.1. The highest BCUT2D eigenvalue weighted by molar-refractivity contribution is 5.84. The van der Waals surface area contributed by atoms with E-state index >= 15 is 0 Å². The highest BCUT2D eigenvalue weighted by Crippen LogP contribution is 2.19. The summed E-state index contributed by atoms with van der Waals surface area (Å²) in [5.41, 5.74) is -0.256. The summed E-state index contributed by atoms with van der Waals surface area (Å²) in [5, 5.41) is 9.30. The minimum Gasteiger partial charge on any atom is -0.478 e. The quantitative estimate of drug-likeness (QED) is 0.878. The predicted octanol–water partition coefficient (Wildman–Crippen LogP) is 2.02. The second-order valence-corrected chi connectivity index (χ2v) is 4.83. The number of hydrogen-bond donors (Lipinski definition) is 2. The Bertz CT molecular complexity index is 565. The van der Waals surface area contributed by atoms with E-state index < -0.39 is 5.60 Å². The number of amides is 1. The number of aromatic nitrogens is 2. The number of rotatable bonds is 5. The summed E-state index contributed by atoms with van der Waals surface area (Å²) >= 11 is 0. The van der Waals surface area contributed by atoms with Gasteiger partial charge in [0.15, 0.2) is 5.60 Å². The fourth-order valence-corrected chi connectivity index (χ4v) is 1.62. The largest absolute Gasteiger partial charge is 0.478 e. The molecule has 0 spiro atoms. The zero-order valence-corrected chi connectivity index (χ0v) is 11.3. The van der Waals surface area contributed by atoms with Crippen molar-refractivity contribution in [2.45, 2.75) is 26.0 Å². The number of nitrogens with one attached hydrogen (secondary N) is 2. The minimum atomic E-state index is -1.06. The van der Waals surface area contributed by atoms with Gasteiger partial charge < -0.3 is 10.1 Å². The van der Waals surface area contributed by atoms with E-state index in [1.54, 1.807) is 26.1 Å². The van der Waals surface area contributed by atoms with E-state index in [4.69, 9.17) is 4.74 Å². The van der Waals surface area contributed by atoms with Crippen molar-refractivity contribution >= 4 is 5.91 Å². The fourth-order valence-electron chi connectivity index (χ4n) is 1.62. The zero-order valence-electron chi connectivity index (χ0n) is 11.3. The van der Waals surface area contributed by atoms with Crippen molar-refractivity contribution in [1.29, 1.82) is 0 Å². The predicted molar refractivity (Wildman–Crippen MR) is 71.5 cm³/mol. The van der Waals surface area contributed by atoms with Gasteiger partial charge in [-0.2, -0.15) is 5.10 Å². The van der Waals surface area contributed by atoms with Crippen LogP contribution >= 0.6 is 0 Å². The molecule has 0 saturated heterocycles. The molecule has 1 aromatic carbocycles. The molecule has 1 amide bonds. The van der Waals surface area contributed by atoms with Crippen LogP contribution in [0, 0.1) is 5.82 Å². The van der Waals surface area contributed by atoms with Gasteiger partial charge in [0.2, 0.25) is 0 Å².